The molecule has 4 atom stereocenters. The Morgan fingerprint density at radius 3 is 2.74 bits per heavy atom. The van der Waals surface area contributed by atoms with Gasteiger partial charge in [-0.15, -0.1) is 0 Å². The summed E-state index contributed by atoms with van der Waals surface area (Å²) in [5.74, 6) is 1.87. The highest BCUT2D eigenvalue weighted by Gasteiger charge is 2.40. The zero-order valence-corrected chi connectivity index (χ0v) is 13.0. The average molecular weight is 264 g/mol. The molecule has 0 aromatic heterocycles. The lowest BCUT2D eigenvalue weighted by Crippen LogP contribution is -2.55. The maximum absolute atomic E-state index is 3.66. The average Bonchev–Trinajstić information content (AvgIpc) is 2.42. The molecule has 3 fully saturated rings. The molecule has 0 aromatic rings. The van der Waals surface area contributed by atoms with Crippen LogP contribution < -0.4 is 5.32 Å². The van der Waals surface area contributed by atoms with E-state index in [-0.39, 0.29) is 0 Å². The summed E-state index contributed by atoms with van der Waals surface area (Å²) in [7, 11) is 0. The molecule has 19 heavy (non-hydrogen) atoms. The molecular formula is C17H32N2. The molecule has 2 nitrogen and oxygen atoms in total. The zero-order valence-electron chi connectivity index (χ0n) is 13.0. The third-order valence-electron chi connectivity index (χ3n) is 6.14. The standard InChI is InChI=1S/C17H32N2/c1-14-5-6-15(2)16(11-14)19-10-4-8-17(13-19)7-3-9-18-12-17/h14-16,18H,3-13H2,1-2H3. The second-order valence-electron chi connectivity index (χ2n) is 7.82. The highest BCUT2D eigenvalue weighted by Crippen LogP contribution is 2.40. The van der Waals surface area contributed by atoms with Gasteiger partial charge in [-0.2, -0.15) is 0 Å². The summed E-state index contributed by atoms with van der Waals surface area (Å²) in [6.45, 7) is 10.2. The van der Waals surface area contributed by atoms with Gasteiger partial charge in [0.15, 0.2) is 0 Å². The molecule has 0 aromatic carbocycles. The monoisotopic (exact) mass is 264 g/mol. The zero-order chi connectivity index (χ0) is 13.3. The number of hydrogen-bond donors (Lipinski definition) is 1. The maximum atomic E-state index is 3.66. The van der Waals surface area contributed by atoms with E-state index >= 15 is 0 Å². The first-order valence-electron chi connectivity index (χ1n) is 8.63. The molecule has 110 valence electrons. The molecule has 3 aliphatic rings. The van der Waals surface area contributed by atoms with E-state index < -0.39 is 0 Å². The van der Waals surface area contributed by atoms with Crippen LogP contribution in [0.3, 0.4) is 0 Å². The lowest BCUT2D eigenvalue weighted by atomic mass is 9.72. The van der Waals surface area contributed by atoms with Gasteiger partial charge >= 0.3 is 0 Å². The predicted octanol–water partition coefficient (Wildman–Crippen LogP) is 3.28. The van der Waals surface area contributed by atoms with E-state index in [0.717, 1.165) is 17.9 Å². The summed E-state index contributed by atoms with van der Waals surface area (Å²) in [5, 5.41) is 3.66. The van der Waals surface area contributed by atoms with Gasteiger partial charge in [-0.3, -0.25) is 4.90 Å². The first-order chi connectivity index (χ1) is 9.19. The number of rotatable bonds is 1. The van der Waals surface area contributed by atoms with Gasteiger partial charge in [-0.25, -0.2) is 0 Å². The summed E-state index contributed by atoms with van der Waals surface area (Å²) in [5.41, 5.74) is 0.622. The van der Waals surface area contributed by atoms with Crippen LogP contribution >= 0.6 is 0 Å². The minimum absolute atomic E-state index is 0.622. The highest BCUT2D eigenvalue weighted by atomic mass is 15.2. The van der Waals surface area contributed by atoms with Crippen LogP contribution in [-0.4, -0.2) is 37.1 Å². The van der Waals surface area contributed by atoms with E-state index in [1.165, 1.54) is 71.1 Å². The van der Waals surface area contributed by atoms with Gasteiger partial charge in [0.1, 0.15) is 0 Å². The summed E-state index contributed by atoms with van der Waals surface area (Å²) >= 11 is 0. The molecule has 4 unspecified atom stereocenters. The molecular weight excluding hydrogens is 232 g/mol. The minimum Gasteiger partial charge on any atom is -0.316 e. The van der Waals surface area contributed by atoms with Crippen LogP contribution in [0.25, 0.3) is 0 Å². The van der Waals surface area contributed by atoms with E-state index in [1.54, 1.807) is 0 Å². The molecule has 2 heteroatoms. The molecule has 2 heterocycles. The number of nitrogens with zero attached hydrogens (tertiary/aromatic N) is 1. The number of hydrogen-bond acceptors (Lipinski definition) is 2. The highest BCUT2D eigenvalue weighted by molar-refractivity contribution is 4.95. The van der Waals surface area contributed by atoms with E-state index in [2.05, 4.69) is 24.1 Å². The van der Waals surface area contributed by atoms with Crippen LogP contribution in [0, 0.1) is 17.3 Å². The van der Waals surface area contributed by atoms with Gasteiger partial charge < -0.3 is 5.32 Å². The van der Waals surface area contributed by atoms with E-state index in [9.17, 15) is 0 Å². The minimum atomic E-state index is 0.622. The van der Waals surface area contributed by atoms with Crippen molar-refractivity contribution in [2.75, 3.05) is 26.2 Å². The molecule has 1 saturated carbocycles. The first-order valence-corrected chi connectivity index (χ1v) is 8.63. The van der Waals surface area contributed by atoms with Crippen LogP contribution in [0.4, 0.5) is 0 Å². The van der Waals surface area contributed by atoms with E-state index in [0.29, 0.717) is 5.41 Å². The Bertz CT molecular complexity index is 290. The number of piperidine rings is 2. The second kappa shape index (κ2) is 5.73. The van der Waals surface area contributed by atoms with Crippen LogP contribution in [-0.2, 0) is 0 Å². The van der Waals surface area contributed by atoms with Crippen LogP contribution in [0.1, 0.15) is 58.8 Å². The fourth-order valence-electron chi connectivity index (χ4n) is 4.92. The Balaban J connectivity index is 1.66. The van der Waals surface area contributed by atoms with Crippen molar-refractivity contribution >= 4 is 0 Å². The fraction of sp³-hybridized carbons (Fsp3) is 1.00. The Kier molecular flexibility index (Phi) is 4.19. The van der Waals surface area contributed by atoms with Crippen molar-refractivity contribution in [3.05, 3.63) is 0 Å². The summed E-state index contributed by atoms with van der Waals surface area (Å²) in [6.07, 6.45) is 10.1. The van der Waals surface area contributed by atoms with Gasteiger partial charge in [-0.05, 0) is 68.9 Å². The number of likely N-dealkylation sites (tertiary alicyclic amines) is 1. The molecule has 0 radical (unpaired) electrons. The van der Waals surface area contributed by atoms with Crippen LogP contribution in [0.2, 0.25) is 0 Å². The Hall–Kier alpha value is -0.0800. The third-order valence-corrected chi connectivity index (χ3v) is 6.14. The molecule has 1 aliphatic carbocycles. The SMILES string of the molecule is CC1CCC(C)C(N2CCCC3(CCCNC3)C2)C1. The topological polar surface area (TPSA) is 15.3 Å². The Labute approximate surface area is 119 Å². The van der Waals surface area contributed by atoms with Crippen molar-refractivity contribution in [3.63, 3.8) is 0 Å². The van der Waals surface area contributed by atoms with Gasteiger partial charge in [0.25, 0.3) is 0 Å². The summed E-state index contributed by atoms with van der Waals surface area (Å²) < 4.78 is 0. The van der Waals surface area contributed by atoms with Crippen molar-refractivity contribution in [2.45, 2.75) is 64.8 Å². The molecule has 0 bridgehead atoms. The molecule has 2 aliphatic heterocycles. The van der Waals surface area contributed by atoms with E-state index in [1.807, 2.05) is 0 Å². The molecule has 2 saturated heterocycles. The van der Waals surface area contributed by atoms with Gasteiger partial charge in [-0.1, -0.05) is 20.3 Å². The summed E-state index contributed by atoms with van der Waals surface area (Å²) in [6, 6.07) is 0.878. The lowest BCUT2D eigenvalue weighted by molar-refractivity contribution is 0.00195. The first kappa shape index (κ1) is 13.9. The fourth-order valence-corrected chi connectivity index (χ4v) is 4.92. The van der Waals surface area contributed by atoms with Gasteiger partial charge in [0.05, 0.1) is 0 Å². The second-order valence-corrected chi connectivity index (χ2v) is 7.82. The van der Waals surface area contributed by atoms with Crippen LogP contribution in [0.5, 0.6) is 0 Å². The third kappa shape index (κ3) is 3.00. The van der Waals surface area contributed by atoms with Crippen molar-refractivity contribution in [1.29, 1.82) is 0 Å². The molecule has 3 rings (SSSR count). The molecule has 0 amide bonds. The van der Waals surface area contributed by atoms with Gasteiger partial charge in [0, 0.05) is 19.1 Å². The van der Waals surface area contributed by atoms with Crippen LogP contribution in [0.15, 0.2) is 0 Å². The predicted molar refractivity (Wildman–Crippen MR) is 81.3 cm³/mol. The van der Waals surface area contributed by atoms with Crippen molar-refractivity contribution in [1.82, 2.24) is 10.2 Å². The van der Waals surface area contributed by atoms with Gasteiger partial charge in [0.2, 0.25) is 0 Å². The Morgan fingerprint density at radius 2 is 1.95 bits per heavy atom. The Morgan fingerprint density at radius 1 is 1.11 bits per heavy atom. The molecule has 1 N–H and O–H groups in total. The normalized spacial score (nSPS) is 45.5. The van der Waals surface area contributed by atoms with Crippen molar-refractivity contribution in [3.8, 4) is 0 Å². The van der Waals surface area contributed by atoms with E-state index in [4.69, 9.17) is 0 Å². The lowest BCUT2D eigenvalue weighted by Gasteiger charge is -2.50. The van der Waals surface area contributed by atoms with Crippen molar-refractivity contribution in [2.24, 2.45) is 17.3 Å². The molecule has 1 spiro atoms. The largest absolute Gasteiger partial charge is 0.316 e. The van der Waals surface area contributed by atoms with Crippen molar-refractivity contribution < 1.29 is 0 Å². The summed E-state index contributed by atoms with van der Waals surface area (Å²) in [4.78, 5) is 2.89. The smallest absolute Gasteiger partial charge is 0.0124 e. The number of nitrogens with one attached hydrogen (secondary N) is 1. The quantitative estimate of drug-likeness (QED) is 0.782. The maximum Gasteiger partial charge on any atom is 0.0124 e.